The molecule has 0 spiro atoms. The van der Waals surface area contributed by atoms with Crippen molar-refractivity contribution in [2.45, 2.75) is 19.3 Å². The Labute approximate surface area is 141 Å². The Morgan fingerprint density at radius 2 is 1.67 bits per heavy atom. The standard InChI is InChI=1S/C18H22N2O4/c1-20(2)16(21)11-12-7-9-13(10-8-12)19-17(22)14-5-3-4-6-15(14)18(23)24/h3-4,7-10,14-15H,5-6,11H2,1-2H3,(H,19,22)(H,23,24). The third-order valence-corrected chi connectivity index (χ3v) is 4.16. The van der Waals surface area contributed by atoms with Crippen LogP contribution < -0.4 is 5.32 Å². The van der Waals surface area contributed by atoms with Crippen molar-refractivity contribution in [3.05, 3.63) is 42.0 Å². The van der Waals surface area contributed by atoms with Crippen LogP contribution in [0.4, 0.5) is 5.69 Å². The van der Waals surface area contributed by atoms with E-state index in [0.29, 0.717) is 24.9 Å². The monoisotopic (exact) mass is 330 g/mol. The molecule has 2 amide bonds. The van der Waals surface area contributed by atoms with E-state index in [-0.39, 0.29) is 11.8 Å². The highest BCUT2D eigenvalue weighted by Crippen LogP contribution is 2.27. The number of rotatable bonds is 5. The molecule has 0 heterocycles. The smallest absolute Gasteiger partial charge is 0.307 e. The minimum absolute atomic E-state index is 0.00470. The second-order valence-electron chi connectivity index (χ2n) is 6.15. The number of anilines is 1. The molecule has 1 aromatic carbocycles. The summed E-state index contributed by atoms with van der Waals surface area (Å²) in [6, 6.07) is 7.02. The average Bonchev–Trinajstić information content (AvgIpc) is 2.56. The summed E-state index contributed by atoms with van der Waals surface area (Å²) in [5.74, 6) is -2.49. The van der Waals surface area contributed by atoms with Crippen molar-refractivity contribution in [2.75, 3.05) is 19.4 Å². The van der Waals surface area contributed by atoms with Gasteiger partial charge in [0.2, 0.25) is 11.8 Å². The van der Waals surface area contributed by atoms with E-state index in [0.717, 1.165) is 5.56 Å². The molecule has 2 unspecified atom stereocenters. The Balaban J connectivity index is 2.00. The van der Waals surface area contributed by atoms with Crippen LogP contribution in [0.5, 0.6) is 0 Å². The molecule has 0 bridgehead atoms. The summed E-state index contributed by atoms with van der Waals surface area (Å²) in [5, 5.41) is 12.0. The lowest BCUT2D eigenvalue weighted by Gasteiger charge is -2.24. The van der Waals surface area contributed by atoms with Gasteiger partial charge in [0.1, 0.15) is 0 Å². The molecule has 6 nitrogen and oxygen atoms in total. The molecular weight excluding hydrogens is 308 g/mol. The molecule has 1 aliphatic carbocycles. The molecule has 0 saturated heterocycles. The molecule has 2 atom stereocenters. The summed E-state index contributed by atoms with van der Waals surface area (Å²) >= 11 is 0. The minimum atomic E-state index is -0.947. The van der Waals surface area contributed by atoms with Gasteiger partial charge in [-0.1, -0.05) is 24.3 Å². The fraction of sp³-hybridized carbons (Fsp3) is 0.389. The zero-order valence-electron chi connectivity index (χ0n) is 13.9. The van der Waals surface area contributed by atoms with E-state index in [1.165, 1.54) is 4.90 Å². The van der Waals surface area contributed by atoms with Gasteiger partial charge >= 0.3 is 5.97 Å². The van der Waals surface area contributed by atoms with Gasteiger partial charge in [0.05, 0.1) is 18.3 Å². The first kappa shape index (κ1) is 17.7. The van der Waals surface area contributed by atoms with Crippen molar-refractivity contribution < 1.29 is 19.5 Å². The van der Waals surface area contributed by atoms with Crippen molar-refractivity contribution in [3.63, 3.8) is 0 Å². The minimum Gasteiger partial charge on any atom is -0.481 e. The SMILES string of the molecule is CN(C)C(=O)Cc1ccc(NC(=O)C2CC=CCC2C(=O)O)cc1. The fourth-order valence-electron chi connectivity index (χ4n) is 2.65. The predicted octanol–water partition coefficient (Wildman–Crippen LogP) is 1.92. The van der Waals surface area contributed by atoms with Gasteiger partial charge in [-0.05, 0) is 30.5 Å². The number of aliphatic carboxylic acids is 1. The van der Waals surface area contributed by atoms with Crippen LogP contribution in [0.25, 0.3) is 0 Å². The molecule has 128 valence electrons. The molecule has 1 aliphatic rings. The number of likely N-dealkylation sites (N-methyl/N-ethyl adjacent to an activating group) is 1. The van der Waals surface area contributed by atoms with Crippen LogP contribution in [0.2, 0.25) is 0 Å². The molecule has 0 aliphatic heterocycles. The lowest BCUT2D eigenvalue weighted by Crippen LogP contribution is -2.34. The number of carboxylic acid groups (broad SMARTS) is 1. The molecule has 0 saturated carbocycles. The van der Waals surface area contributed by atoms with Crippen molar-refractivity contribution in [2.24, 2.45) is 11.8 Å². The molecule has 0 fully saturated rings. The molecule has 2 rings (SSSR count). The highest BCUT2D eigenvalue weighted by molar-refractivity contribution is 5.95. The zero-order chi connectivity index (χ0) is 17.7. The largest absolute Gasteiger partial charge is 0.481 e. The van der Waals surface area contributed by atoms with E-state index in [1.807, 2.05) is 6.08 Å². The van der Waals surface area contributed by atoms with Crippen LogP contribution in [0.3, 0.4) is 0 Å². The third kappa shape index (κ3) is 4.44. The van der Waals surface area contributed by atoms with Gasteiger partial charge in [0.15, 0.2) is 0 Å². The Morgan fingerprint density at radius 1 is 1.08 bits per heavy atom. The number of carbonyl (C=O) groups is 3. The fourth-order valence-corrected chi connectivity index (χ4v) is 2.65. The summed E-state index contributed by atoms with van der Waals surface area (Å²) in [5.41, 5.74) is 1.45. The van der Waals surface area contributed by atoms with Gasteiger partial charge in [-0.25, -0.2) is 0 Å². The molecule has 0 aromatic heterocycles. The molecule has 1 aromatic rings. The van der Waals surface area contributed by atoms with E-state index < -0.39 is 17.8 Å². The van der Waals surface area contributed by atoms with Crippen LogP contribution in [-0.2, 0) is 20.8 Å². The number of carbonyl (C=O) groups excluding carboxylic acids is 2. The number of benzene rings is 1. The Kier molecular flexibility index (Phi) is 5.73. The molecule has 6 heteroatoms. The van der Waals surface area contributed by atoms with Gasteiger partial charge in [0, 0.05) is 19.8 Å². The van der Waals surface area contributed by atoms with Crippen molar-refractivity contribution >= 4 is 23.5 Å². The molecule has 2 N–H and O–H groups in total. The average molecular weight is 330 g/mol. The normalized spacial score (nSPS) is 19.6. The summed E-state index contributed by atoms with van der Waals surface area (Å²) in [4.78, 5) is 36.8. The number of hydrogen-bond acceptors (Lipinski definition) is 3. The first-order valence-electron chi connectivity index (χ1n) is 7.86. The van der Waals surface area contributed by atoms with E-state index in [2.05, 4.69) is 5.32 Å². The molecular formula is C18H22N2O4. The lowest BCUT2D eigenvalue weighted by atomic mass is 9.82. The van der Waals surface area contributed by atoms with Crippen molar-refractivity contribution in [3.8, 4) is 0 Å². The first-order valence-corrected chi connectivity index (χ1v) is 7.86. The predicted molar refractivity (Wildman–Crippen MR) is 90.5 cm³/mol. The second kappa shape index (κ2) is 7.77. The lowest BCUT2D eigenvalue weighted by molar-refractivity contribution is -0.146. The van der Waals surface area contributed by atoms with Crippen LogP contribution in [-0.4, -0.2) is 41.9 Å². The molecule has 0 radical (unpaired) electrons. The number of hydrogen-bond donors (Lipinski definition) is 2. The van der Waals surface area contributed by atoms with Gasteiger partial charge in [-0.2, -0.15) is 0 Å². The van der Waals surface area contributed by atoms with Crippen LogP contribution >= 0.6 is 0 Å². The quantitative estimate of drug-likeness (QED) is 0.808. The summed E-state index contributed by atoms with van der Waals surface area (Å²) in [6.07, 6.45) is 4.76. The van der Waals surface area contributed by atoms with E-state index in [4.69, 9.17) is 0 Å². The van der Waals surface area contributed by atoms with Crippen LogP contribution in [0, 0.1) is 11.8 Å². The Hall–Kier alpha value is -2.63. The van der Waals surface area contributed by atoms with Gasteiger partial charge < -0.3 is 15.3 Å². The van der Waals surface area contributed by atoms with Crippen molar-refractivity contribution in [1.29, 1.82) is 0 Å². The highest BCUT2D eigenvalue weighted by atomic mass is 16.4. The number of amides is 2. The van der Waals surface area contributed by atoms with Gasteiger partial charge in [0.25, 0.3) is 0 Å². The molecule has 24 heavy (non-hydrogen) atoms. The maximum Gasteiger partial charge on any atom is 0.307 e. The zero-order valence-corrected chi connectivity index (χ0v) is 13.9. The van der Waals surface area contributed by atoms with E-state index in [9.17, 15) is 19.5 Å². The van der Waals surface area contributed by atoms with Crippen molar-refractivity contribution in [1.82, 2.24) is 4.90 Å². The van der Waals surface area contributed by atoms with Crippen LogP contribution in [0.15, 0.2) is 36.4 Å². The highest BCUT2D eigenvalue weighted by Gasteiger charge is 2.33. The Morgan fingerprint density at radius 3 is 2.21 bits per heavy atom. The Bertz CT molecular complexity index is 649. The topological polar surface area (TPSA) is 86.7 Å². The van der Waals surface area contributed by atoms with Gasteiger partial charge in [-0.15, -0.1) is 0 Å². The van der Waals surface area contributed by atoms with E-state index >= 15 is 0 Å². The summed E-state index contributed by atoms with van der Waals surface area (Å²) in [6.45, 7) is 0. The summed E-state index contributed by atoms with van der Waals surface area (Å²) in [7, 11) is 3.41. The number of carboxylic acids is 1. The maximum atomic E-state index is 12.4. The first-order chi connectivity index (χ1) is 11.4. The number of allylic oxidation sites excluding steroid dienone is 2. The maximum absolute atomic E-state index is 12.4. The number of nitrogens with one attached hydrogen (secondary N) is 1. The van der Waals surface area contributed by atoms with E-state index in [1.54, 1.807) is 44.4 Å². The van der Waals surface area contributed by atoms with Gasteiger partial charge in [-0.3, -0.25) is 14.4 Å². The third-order valence-electron chi connectivity index (χ3n) is 4.16. The number of nitrogens with zero attached hydrogens (tertiary/aromatic N) is 1. The van der Waals surface area contributed by atoms with Crippen LogP contribution in [0.1, 0.15) is 18.4 Å². The summed E-state index contributed by atoms with van der Waals surface area (Å²) < 4.78 is 0. The second-order valence-corrected chi connectivity index (χ2v) is 6.15.